The van der Waals surface area contributed by atoms with E-state index in [9.17, 15) is 0 Å². The van der Waals surface area contributed by atoms with E-state index in [2.05, 4.69) is 114 Å². The highest BCUT2D eigenvalue weighted by atomic mass is 15.1. The van der Waals surface area contributed by atoms with E-state index in [1.165, 1.54) is 103 Å². The van der Waals surface area contributed by atoms with Gasteiger partial charge in [-0.15, -0.1) is 0 Å². The predicted octanol–water partition coefficient (Wildman–Crippen LogP) is 8.03. The molecule has 0 radical (unpaired) electrons. The summed E-state index contributed by atoms with van der Waals surface area (Å²) in [6.07, 6.45) is 12.7. The number of hydrogen-bond acceptors (Lipinski definition) is 6. The van der Waals surface area contributed by atoms with Gasteiger partial charge in [-0.1, -0.05) is 55.4 Å². The number of hydrogen-bond donors (Lipinski definition) is 4. The topological polar surface area (TPSA) is 54.6 Å². The highest BCUT2D eigenvalue weighted by Gasteiger charge is 2.11. The van der Waals surface area contributed by atoms with Gasteiger partial charge in [-0.3, -0.25) is 0 Å². The standard InChI is InChI=1S/C40H88N6/c1-33(2)29-37(9)41-19-15-25-45(26-16-20-42-38(10)30-34(3)4)23-13-14-24-46(27-17-21-43-39(11)31-35(5)6)28-18-22-44-40(12)32-36(7)8/h33-44H,13-32H2,1-12H3. The number of nitrogens with zero attached hydrogens (tertiary/aromatic N) is 2. The number of unbranched alkanes of at least 4 members (excludes halogenated alkanes) is 1. The molecule has 0 heterocycles. The number of rotatable bonds is 33. The average Bonchev–Trinajstić information content (AvgIpc) is 2.93. The van der Waals surface area contributed by atoms with E-state index in [1.54, 1.807) is 0 Å². The van der Waals surface area contributed by atoms with Crippen LogP contribution in [0.2, 0.25) is 0 Å². The zero-order valence-corrected chi connectivity index (χ0v) is 33.7. The third kappa shape index (κ3) is 31.1. The summed E-state index contributed by atoms with van der Waals surface area (Å²) in [4.78, 5) is 5.52. The molecule has 0 saturated heterocycles. The molecule has 6 nitrogen and oxygen atoms in total. The minimum atomic E-state index is 0.619. The van der Waals surface area contributed by atoms with Gasteiger partial charge in [-0.25, -0.2) is 0 Å². The molecule has 0 amide bonds. The lowest BCUT2D eigenvalue weighted by Crippen LogP contribution is -2.36. The fourth-order valence-electron chi connectivity index (χ4n) is 7.11. The van der Waals surface area contributed by atoms with Gasteiger partial charge in [0.2, 0.25) is 0 Å². The first kappa shape index (κ1) is 45.8. The highest BCUT2D eigenvalue weighted by Crippen LogP contribution is 2.08. The lowest BCUT2D eigenvalue weighted by atomic mass is 10.1. The Hall–Kier alpha value is -0.240. The van der Waals surface area contributed by atoms with Crippen LogP contribution >= 0.6 is 0 Å². The second kappa shape index (κ2) is 29.7. The first-order chi connectivity index (χ1) is 21.8. The van der Waals surface area contributed by atoms with Crippen molar-refractivity contribution in [2.45, 2.75) is 171 Å². The molecule has 0 aromatic heterocycles. The Balaban J connectivity index is 4.81. The Morgan fingerprint density at radius 1 is 0.304 bits per heavy atom. The largest absolute Gasteiger partial charge is 0.314 e. The fourth-order valence-corrected chi connectivity index (χ4v) is 7.11. The van der Waals surface area contributed by atoms with Gasteiger partial charge in [0.25, 0.3) is 0 Å². The average molecular weight is 653 g/mol. The molecule has 0 aliphatic carbocycles. The molecule has 0 saturated carbocycles. The van der Waals surface area contributed by atoms with Crippen LogP contribution in [0.3, 0.4) is 0 Å². The van der Waals surface area contributed by atoms with Gasteiger partial charge in [0, 0.05) is 24.2 Å². The van der Waals surface area contributed by atoms with Gasteiger partial charge < -0.3 is 31.1 Å². The van der Waals surface area contributed by atoms with E-state index < -0.39 is 0 Å². The van der Waals surface area contributed by atoms with E-state index in [0.29, 0.717) is 24.2 Å². The van der Waals surface area contributed by atoms with Gasteiger partial charge in [0.15, 0.2) is 0 Å². The fraction of sp³-hybridized carbons (Fsp3) is 1.00. The molecule has 0 bridgehead atoms. The predicted molar refractivity (Wildman–Crippen MR) is 208 cm³/mol. The van der Waals surface area contributed by atoms with Crippen molar-refractivity contribution in [3.63, 3.8) is 0 Å². The minimum Gasteiger partial charge on any atom is -0.314 e. The normalized spacial score (nSPS) is 15.3. The van der Waals surface area contributed by atoms with Crippen molar-refractivity contribution in [3.8, 4) is 0 Å². The molecular weight excluding hydrogens is 564 g/mol. The maximum atomic E-state index is 3.78. The molecule has 6 heteroatoms. The van der Waals surface area contributed by atoms with Crippen molar-refractivity contribution in [1.29, 1.82) is 0 Å². The maximum absolute atomic E-state index is 3.78. The van der Waals surface area contributed by atoms with Crippen molar-refractivity contribution in [3.05, 3.63) is 0 Å². The smallest absolute Gasteiger partial charge is 0.00411 e. The third-order valence-corrected chi connectivity index (χ3v) is 9.07. The number of nitrogens with one attached hydrogen (secondary N) is 4. The van der Waals surface area contributed by atoms with Crippen LogP contribution in [0.25, 0.3) is 0 Å². The third-order valence-electron chi connectivity index (χ3n) is 9.07. The minimum absolute atomic E-state index is 0.619. The Kier molecular flexibility index (Phi) is 29.5. The monoisotopic (exact) mass is 653 g/mol. The summed E-state index contributed by atoms with van der Waals surface area (Å²) in [5.74, 6) is 3.05. The summed E-state index contributed by atoms with van der Waals surface area (Å²) in [5.41, 5.74) is 0. The van der Waals surface area contributed by atoms with Crippen LogP contribution in [0.1, 0.15) is 147 Å². The van der Waals surface area contributed by atoms with Gasteiger partial charge in [0.05, 0.1) is 0 Å². The zero-order valence-electron chi connectivity index (χ0n) is 33.7. The maximum Gasteiger partial charge on any atom is 0.00411 e. The lowest BCUT2D eigenvalue weighted by Gasteiger charge is -2.26. The summed E-state index contributed by atoms with van der Waals surface area (Å²) in [7, 11) is 0. The molecule has 4 N–H and O–H groups in total. The molecule has 278 valence electrons. The van der Waals surface area contributed by atoms with Crippen LogP contribution in [-0.2, 0) is 0 Å². The first-order valence-corrected chi connectivity index (χ1v) is 20.2. The summed E-state index contributed by atoms with van der Waals surface area (Å²) >= 11 is 0. The first-order valence-electron chi connectivity index (χ1n) is 20.2. The zero-order chi connectivity index (χ0) is 34.7. The summed E-state index contributed by atoms with van der Waals surface area (Å²) in [5, 5.41) is 15.1. The van der Waals surface area contributed by atoms with Crippen LogP contribution < -0.4 is 21.3 Å². The van der Waals surface area contributed by atoms with E-state index >= 15 is 0 Å². The van der Waals surface area contributed by atoms with Gasteiger partial charge in [-0.2, -0.15) is 0 Å². The second-order valence-electron chi connectivity index (χ2n) is 16.7. The molecule has 4 atom stereocenters. The SMILES string of the molecule is CC(C)CC(C)NCCCN(CCCCN(CCCNC(C)CC(C)C)CCCNC(C)CC(C)C)CCCNC(C)CC(C)C. The lowest BCUT2D eigenvalue weighted by molar-refractivity contribution is 0.230. The quantitative estimate of drug-likeness (QED) is 0.0539. The molecular formula is C40H88N6. The van der Waals surface area contributed by atoms with Crippen molar-refractivity contribution >= 4 is 0 Å². The summed E-state index contributed by atoms with van der Waals surface area (Å²) < 4.78 is 0. The Labute approximate surface area is 291 Å². The molecule has 0 rings (SSSR count). The summed E-state index contributed by atoms with van der Waals surface area (Å²) in [6, 6.07) is 2.48. The molecule has 0 aliphatic rings. The molecule has 0 aliphatic heterocycles. The highest BCUT2D eigenvalue weighted by molar-refractivity contribution is 4.70. The van der Waals surface area contributed by atoms with Crippen LogP contribution in [0.15, 0.2) is 0 Å². The van der Waals surface area contributed by atoms with Crippen molar-refractivity contribution in [2.24, 2.45) is 23.7 Å². The van der Waals surface area contributed by atoms with E-state index in [4.69, 9.17) is 0 Å². The molecule has 46 heavy (non-hydrogen) atoms. The van der Waals surface area contributed by atoms with Crippen LogP contribution in [-0.4, -0.2) is 99.4 Å². The molecule has 0 spiro atoms. The van der Waals surface area contributed by atoms with Crippen molar-refractivity contribution in [1.82, 2.24) is 31.1 Å². The van der Waals surface area contributed by atoms with E-state index in [1.807, 2.05) is 0 Å². The molecule has 0 aromatic rings. The molecule has 0 fully saturated rings. The van der Waals surface area contributed by atoms with Gasteiger partial charge >= 0.3 is 0 Å². The van der Waals surface area contributed by atoms with Crippen LogP contribution in [0.4, 0.5) is 0 Å². The van der Waals surface area contributed by atoms with Gasteiger partial charge in [0.1, 0.15) is 0 Å². The van der Waals surface area contributed by atoms with E-state index in [-0.39, 0.29) is 0 Å². The van der Waals surface area contributed by atoms with Crippen LogP contribution in [0, 0.1) is 23.7 Å². The van der Waals surface area contributed by atoms with Crippen molar-refractivity contribution in [2.75, 3.05) is 65.4 Å². The van der Waals surface area contributed by atoms with Crippen LogP contribution in [0.5, 0.6) is 0 Å². The Morgan fingerprint density at radius 3 is 0.696 bits per heavy atom. The van der Waals surface area contributed by atoms with Gasteiger partial charge in [-0.05, 0) is 181 Å². The Bertz CT molecular complexity index is 537. The molecule has 4 unspecified atom stereocenters. The Morgan fingerprint density at radius 2 is 0.500 bits per heavy atom. The second-order valence-corrected chi connectivity index (χ2v) is 16.7. The summed E-state index contributed by atoms with van der Waals surface area (Å²) in [6.45, 7) is 39.9. The molecule has 0 aromatic carbocycles. The van der Waals surface area contributed by atoms with E-state index in [0.717, 1.165) is 49.9 Å². The van der Waals surface area contributed by atoms with Crippen molar-refractivity contribution < 1.29 is 0 Å².